The molecule has 0 aromatic carbocycles. The molecule has 5 nitrogen and oxygen atoms in total. The molecule has 4 atom stereocenters. The van der Waals surface area contributed by atoms with Crippen molar-refractivity contribution in [3.63, 3.8) is 0 Å². The Balaban J connectivity index is 1.74. The highest BCUT2D eigenvalue weighted by Gasteiger charge is 2.45. The van der Waals surface area contributed by atoms with E-state index >= 15 is 0 Å². The fraction of sp³-hybridized carbons (Fsp3) is 0.750. The van der Waals surface area contributed by atoms with Gasteiger partial charge in [0, 0.05) is 18.8 Å². The van der Waals surface area contributed by atoms with Crippen LogP contribution in [0.3, 0.4) is 0 Å². The van der Waals surface area contributed by atoms with E-state index in [2.05, 4.69) is 31.2 Å². The van der Waals surface area contributed by atoms with Gasteiger partial charge in [0.25, 0.3) is 0 Å². The maximum absolute atomic E-state index is 12.7. The highest BCUT2D eigenvalue weighted by molar-refractivity contribution is 5.80. The van der Waals surface area contributed by atoms with Gasteiger partial charge in [0.15, 0.2) is 0 Å². The molecule has 21 heavy (non-hydrogen) atoms. The lowest BCUT2D eigenvalue weighted by Gasteiger charge is -2.32. The quantitative estimate of drug-likeness (QED) is 0.928. The van der Waals surface area contributed by atoms with Crippen LogP contribution >= 0.6 is 0 Å². The Morgan fingerprint density at radius 1 is 1.48 bits per heavy atom. The van der Waals surface area contributed by atoms with Crippen LogP contribution in [0.25, 0.3) is 0 Å². The average molecular weight is 291 g/mol. The number of hydrogen-bond acceptors (Lipinski definition) is 3. The van der Waals surface area contributed by atoms with E-state index in [1.54, 1.807) is 4.68 Å². The van der Waals surface area contributed by atoms with Crippen molar-refractivity contribution in [1.82, 2.24) is 15.1 Å². The molecule has 2 fully saturated rings. The predicted molar refractivity (Wildman–Crippen MR) is 79.5 cm³/mol. The van der Waals surface area contributed by atoms with E-state index in [1.165, 1.54) is 0 Å². The molecule has 0 spiro atoms. The van der Waals surface area contributed by atoms with Crippen LogP contribution in [-0.2, 0) is 16.6 Å². The van der Waals surface area contributed by atoms with E-state index in [1.807, 2.05) is 19.4 Å². The molecule has 1 aromatic rings. The van der Waals surface area contributed by atoms with E-state index in [0.29, 0.717) is 6.10 Å². The Kier molecular flexibility index (Phi) is 3.56. The van der Waals surface area contributed by atoms with E-state index in [4.69, 9.17) is 4.74 Å². The molecule has 0 radical (unpaired) electrons. The number of carbonyl (C=O) groups excluding carboxylic acids is 1. The SMILES string of the molecule is Cn1cc([C@H](NC(=O)[C@@H]2C[C@H]3CC[C@H]2O3)C(C)(C)C)cn1. The standard InChI is InChI=1S/C16H25N3O2/c1-16(2,3)14(10-8-17-19(4)9-10)18-15(20)12-7-11-5-6-13(12)21-11/h8-9,11-14H,5-7H2,1-4H3,(H,18,20)/t11-,12-,13-,14+/m1/s1. The molecule has 2 bridgehead atoms. The molecule has 0 unspecified atom stereocenters. The minimum Gasteiger partial charge on any atom is -0.374 e. The van der Waals surface area contributed by atoms with E-state index in [9.17, 15) is 4.79 Å². The molecule has 1 N–H and O–H groups in total. The van der Waals surface area contributed by atoms with Crippen molar-refractivity contribution in [3.8, 4) is 0 Å². The third-order valence-corrected chi connectivity index (χ3v) is 4.65. The number of aryl methyl sites for hydroxylation is 1. The van der Waals surface area contributed by atoms with Gasteiger partial charge in [0.2, 0.25) is 5.91 Å². The van der Waals surface area contributed by atoms with Gasteiger partial charge in [-0.05, 0) is 24.7 Å². The Labute approximate surface area is 126 Å². The molecule has 116 valence electrons. The fourth-order valence-electron chi connectivity index (χ4n) is 3.55. The number of fused-ring (bicyclic) bond motifs is 2. The Hall–Kier alpha value is -1.36. The van der Waals surface area contributed by atoms with Gasteiger partial charge < -0.3 is 10.1 Å². The zero-order valence-electron chi connectivity index (χ0n) is 13.3. The molecule has 3 rings (SSSR count). The molecule has 0 aliphatic carbocycles. The molecule has 1 aromatic heterocycles. The van der Waals surface area contributed by atoms with E-state index < -0.39 is 0 Å². The maximum atomic E-state index is 12.7. The van der Waals surface area contributed by atoms with Gasteiger partial charge in [-0.2, -0.15) is 5.10 Å². The van der Waals surface area contributed by atoms with Gasteiger partial charge in [-0.25, -0.2) is 0 Å². The third kappa shape index (κ3) is 2.84. The number of rotatable bonds is 3. The molecular weight excluding hydrogens is 266 g/mol. The maximum Gasteiger partial charge on any atom is 0.226 e. The normalized spacial score (nSPS) is 29.6. The summed E-state index contributed by atoms with van der Waals surface area (Å²) in [5.74, 6) is 0.149. The summed E-state index contributed by atoms with van der Waals surface area (Å²) in [5, 5.41) is 7.48. The highest BCUT2D eigenvalue weighted by Crippen LogP contribution is 2.40. The number of carbonyl (C=O) groups is 1. The molecule has 2 aliphatic heterocycles. The van der Waals surface area contributed by atoms with Gasteiger partial charge >= 0.3 is 0 Å². The van der Waals surface area contributed by atoms with Crippen LogP contribution in [0.4, 0.5) is 0 Å². The zero-order chi connectivity index (χ0) is 15.2. The fourth-order valence-corrected chi connectivity index (χ4v) is 3.55. The van der Waals surface area contributed by atoms with Crippen LogP contribution in [0.15, 0.2) is 12.4 Å². The molecule has 1 amide bonds. The smallest absolute Gasteiger partial charge is 0.226 e. The second kappa shape index (κ2) is 5.13. The topological polar surface area (TPSA) is 56.2 Å². The van der Waals surface area contributed by atoms with Crippen molar-refractivity contribution in [3.05, 3.63) is 18.0 Å². The minimum absolute atomic E-state index is 0.0188. The number of aromatic nitrogens is 2. The van der Waals surface area contributed by atoms with Gasteiger partial charge in [-0.3, -0.25) is 9.48 Å². The molecular formula is C16H25N3O2. The Morgan fingerprint density at radius 2 is 2.24 bits per heavy atom. The van der Waals surface area contributed by atoms with Crippen LogP contribution in [0.5, 0.6) is 0 Å². The van der Waals surface area contributed by atoms with Crippen molar-refractivity contribution in [2.45, 2.75) is 58.3 Å². The van der Waals surface area contributed by atoms with E-state index in [0.717, 1.165) is 24.8 Å². The molecule has 3 heterocycles. The molecule has 2 saturated heterocycles. The summed E-state index contributed by atoms with van der Waals surface area (Å²) in [6.45, 7) is 6.42. The summed E-state index contributed by atoms with van der Waals surface area (Å²) in [6, 6.07) is -0.0298. The van der Waals surface area contributed by atoms with Crippen molar-refractivity contribution >= 4 is 5.91 Å². The van der Waals surface area contributed by atoms with Crippen LogP contribution in [0.1, 0.15) is 51.6 Å². The van der Waals surface area contributed by atoms with E-state index in [-0.39, 0.29) is 29.4 Å². The molecule has 2 aliphatic rings. The summed E-state index contributed by atoms with van der Waals surface area (Å²) in [5.41, 5.74) is 0.999. The van der Waals surface area contributed by atoms with Crippen molar-refractivity contribution in [2.24, 2.45) is 18.4 Å². The summed E-state index contributed by atoms with van der Waals surface area (Å²) >= 11 is 0. The Bertz CT molecular complexity index is 532. The Morgan fingerprint density at radius 3 is 2.71 bits per heavy atom. The number of nitrogens with zero attached hydrogens (tertiary/aromatic N) is 2. The van der Waals surface area contributed by atoms with Crippen molar-refractivity contribution < 1.29 is 9.53 Å². The third-order valence-electron chi connectivity index (χ3n) is 4.65. The summed E-state index contributed by atoms with van der Waals surface area (Å²) < 4.78 is 7.58. The summed E-state index contributed by atoms with van der Waals surface area (Å²) in [6.07, 6.45) is 7.26. The first-order valence-corrected chi connectivity index (χ1v) is 7.79. The monoisotopic (exact) mass is 291 g/mol. The van der Waals surface area contributed by atoms with Gasteiger partial charge in [0.05, 0.1) is 30.4 Å². The lowest BCUT2D eigenvalue weighted by Crippen LogP contribution is -2.42. The average Bonchev–Trinajstić information content (AvgIpc) is 3.09. The number of ether oxygens (including phenoxy) is 1. The molecule has 5 heteroatoms. The van der Waals surface area contributed by atoms with Crippen LogP contribution in [-0.4, -0.2) is 27.9 Å². The minimum atomic E-state index is -0.0584. The first-order chi connectivity index (χ1) is 9.84. The molecule has 0 saturated carbocycles. The number of amides is 1. The predicted octanol–water partition coefficient (Wildman–Crippen LogP) is 2.19. The van der Waals surface area contributed by atoms with Gasteiger partial charge in [-0.1, -0.05) is 20.8 Å². The highest BCUT2D eigenvalue weighted by atomic mass is 16.5. The van der Waals surface area contributed by atoms with Gasteiger partial charge in [-0.15, -0.1) is 0 Å². The number of hydrogen-bond donors (Lipinski definition) is 1. The van der Waals surface area contributed by atoms with Crippen LogP contribution in [0.2, 0.25) is 0 Å². The summed E-state index contributed by atoms with van der Waals surface area (Å²) in [4.78, 5) is 12.7. The van der Waals surface area contributed by atoms with Crippen LogP contribution in [0, 0.1) is 11.3 Å². The lowest BCUT2D eigenvalue weighted by molar-refractivity contribution is -0.128. The lowest BCUT2D eigenvalue weighted by atomic mass is 9.82. The first kappa shape index (κ1) is 14.6. The van der Waals surface area contributed by atoms with Gasteiger partial charge in [0.1, 0.15) is 0 Å². The first-order valence-electron chi connectivity index (χ1n) is 7.79. The van der Waals surface area contributed by atoms with Crippen molar-refractivity contribution in [1.29, 1.82) is 0 Å². The number of nitrogens with one attached hydrogen (secondary N) is 1. The largest absolute Gasteiger partial charge is 0.374 e. The second-order valence-corrected chi connectivity index (χ2v) is 7.47. The van der Waals surface area contributed by atoms with Crippen molar-refractivity contribution in [2.75, 3.05) is 0 Å². The zero-order valence-corrected chi connectivity index (χ0v) is 13.3. The second-order valence-electron chi connectivity index (χ2n) is 7.47. The summed E-state index contributed by atoms with van der Waals surface area (Å²) in [7, 11) is 1.90. The van der Waals surface area contributed by atoms with Crippen LogP contribution < -0.4 is 5.32 Å².